The van der Waals surface area contributed by atoms with Crippen LogP contribution in [0.5, 0.6) is 5.88 Å². The Bertz CT molecular complexity index is 1030. The molecule has 0 atom stereocenters. The van der Waals surface area contributed by atoms with Crippen LogP contribution in [-0.4, -0.2) is 63.2 Å². The fourth-order valence-electron chi connectivity index (χ4n) is 5.85. The van der Waals surface area contributed by atoms with Crippen LogP contribution in [0, 0.1) is 5.92 Å². The summed E-state index contributed by atoms with van der Waals surface area (Å²) in [6, 6.07) is 3.94. The number of piperidine rings is 1. The van der Waals surface area contributed by atoms with Gasteiger partial charge in [0, 0.05) is 54.8 Å². The number of carbonyl (C=O) groups excluding carboxylic acids is 1. The van der Waals surface area contributed by atoms with Crippen LogP contribution in [0.3, 0.4) is 0 Å². The third-order valence-corrected chi connectivity index (χ3v) is 8.01. The molecule has 5 rings (SSSR count). The first kappa shape index (κ1) is 24.7. The summed E-state index contributed by atoms with van der Waals surface area (Å²) in [5, 5.41) is 16.9. The molecule has 0 spiro atoms. The Morgan fingerprint density at radius 2 is 1.81 bits per heavy atom. The van der Waals surface area contributed by atoms with Crippen LogP contribution in [0.25, 0.3) is 0 Å². The Balaban J connectivity index is 1.31. The van der Waals surface area contributed by atoms with Gasteiger partial charge in [0.15, 0.2) is 0 Å². The summed E-state index contributed by atoms with van der Waals surface area (Å²) in [5.74, 6) is 2.79. The van der Waals surface area contributed by atoms with Crippen molar-refractivity contribution in [3.63, 3.8) is 0 Å². The van der Waals surface area contributed by atoms with Crippen LogP contribution in [-0.2, 0) is 4.79 Å². The maximum atomic E-state index is 12.9. The van der Waals surface area contributed by atoms with E-state index in [9.17, 15) is 9.90 Å². The maximum absolute atomic E-state index is 12.9. The van der Waals surface area contributed by atoms with Crippen LogP contribution < -0.4 is 15.4 Å². The molecule has 3 heterocycles. The van der Waals surface area contributed by atoms with Gasteiger partial charge in [0.1, 0.15) is 5.82 Å². The van der Waals surface area contributed by atoms with Gasteiger partial charge in [0.2, 0.25) is 17.7 Å². The van der Waals surface area contributed by atoms with Gasteiger partial charge in [-0.05, 0) is 63.4 Å². The highest BCUT2D eigenvalue weighted by Crippen LogP contribution is 2.35. The fraction of sp³-hybridized carbons (Fsp3) is 0.630. The van der Waals surface area contributed by atoms with Crippen LogP contribution in [0.15, 0.2) is 24.5 Å². The number of hydrogen-bond donors (Lipinski definition) is 3. The number of amides is 1. The standard InChI is InChI=1S/C27H38N6O3/c1-36-24-16-21(10-13-28-24)31-27-29-17-23(25(32-27)30-20-6-8-22(34)9-7-20)18-11-14-33(15-12-18)26(35)19-4-2-3-5-19/h10,13,16-20,22,34H,2-9,11-12,14-15H2,1H3,(H2,28,29,30,31,32). The molecule has 2 aromatic rings. The third-order valence-electron chi connectivity index (χ3n) is 8.01. The molecule has 3 N–H and O–H groups in total. The highest BCUT2D eigenvalue weighted by Gasteiger charge is 2.32. The summed E-state index contributed by atoms with van der Waals surface area (Å²) in [7, 11) is 1.59. The molecule has 9 heteroatoms. The van der Waals surface area contributed by atoms with Gasteiger partial charge in [-0.1, -0.05) is 12.8 Å². The van der Waals surface area contributed by atoms with Crippen molar-refractivity contribution in [2.45, 2.75) is 82.3 Å². The van der Waals surface area contributed by atoms with Gasteiger partial charge in [-0.25, -0.2) is 9.97 Å². The van der Waals surface area contributed by atoms with Crippen LogP contribution >= 0.6 is 0 Å². The Morgan fingerprint density at radius 3 is 2.53 bits per heavy atom. The number of hydrogen-bond acceptors (Lipinski definition) is 8. The van der Waals surface area contributed by atoms with Crippen molar-refractivity contribution in [1.29, 1.82) is 0 Å². The van der Waals surface area contributed by atoms with E-state index < -0.39 is 0 Å². The molecule has 36 heavy (non-hydrogen) atoms. The maximum Gasteiger partial charge on any atom is 0.229 e. The van der Waals surface area contributed by atoms with E-state index in [2.05, 4.69) is 25.5 Å². The van der Waals surface area contributed by atoms with Crippen LogP contribution in [0.1, 0.15) is 75.7 Å². The number of ether oxygens (including phenoxy) is 1. The summed E-state index contributed by atoms with van der Waals surface area (Å²) in [6.45, 7) is 1.59. The number of aliphatic hydroxyl groups is 1. The van der Waals surface area contributed by atoms with Gasteiger partial charge in [0.25, 0.3) is 0 Å². The first-order chi connectivity index (χ1) is 17.6. The summed E-state index contributed by atoms with van der Waals surface area (Å²) in [6.07, 6.45) is 13.2. The van der Waals surface area contributed by atoms with Gasteiger partial charge in [-0.2, -0.15) is 4.98 Å². The van der Waals surface area contributed by atoms with Crippen LogP contribution in [0.4, 0.5) is 17.5 Å². The van der Waals surface area contributed by atoms with E-state index in [-0.39, 0.29) is 18.1 Å². The molecule has 194 valence electrons. The Kier molecular flexibility index (Phi) is 7.84. The number of methoxy groups -OCH3 is 1. The summed E-state index contributed by atoms with van der Waals surface area (Å²) in [4.78, 5) is 28.7. The molecular formula is C27H38N6O3. The second kappa shape index (κ2) is 11.4. The molecule has 1 saturated heterocycles. The molecule has 3 fully saturated rings. The average molecular weight is 495 g/mol. The molecule has 0 aromatic carbocycles. The van der Waals surface area contributed by atoms with Crippen molar-refractivity contribution in [2.24, 2.45) is 5.92 Å². The zero-order chi connectivity index (χ0) is 24.9. The number of pyridine rings is 1. The number of rotatable bonds is 7. The van der Waals surface area contributed by atoms with Gasteiger partial charge in [-0.3, -0.25) is 4.79 Å². The Morgan fingerprint density at radius 1 is 1.06 bits per heavy atom. The number of anilines is 3. The zero-order valence-electron chi connectivity index (χ0n) is 21.2. The predicted octanol–water partition coefficient (Wildman–Crippen LogP) is 4.24. The first-order valence-corrected chi connectivity index (χ1v) is 13.5. The van der Waals surface area contributed by atoms with Gasteiger partial charge in [0.05, 0.1) is 13.2 Å². The lowest BCUT2D eigenvalue weighted by molar-refractivity contribution is -0.136. The number of nitrogens with one attached hydrogen (secondary N) is 2. The smallest absolute Gasteiger partial charge is 0.229 e. The lowest BCUT2D eigenvalue weighted by Crippen LogP contribution is -2.41. The summed E-state index contributed by atoms with van der Waals surface area (Å²) < 4.78 is 5.23. The molecule has 3 aliphatic rings. The molecule has 1 aliphatic heterocycles. The Hall–Kier alpha value is -2.94. The Labute approximate surface area is 213 Å². The lowest BCUT2D eigenvalue weighted by atomic mass is 9.89. The van der Waals surface area contributed by atoms with Crippen molar-refractivity contribution in [1.82, 2.24) is 19.9 Å². The number of aromatic nitrogens is 3. The van der Waals surface area contributed by atoms with Gasteiger partial charge in [-0.15, -0.1) is 0 Å². The minimum absolute atomic E-state index is 0.200. The molecule has 2 aliphatic carbocycles. The second-order valence-corrected chi connectivity index (χ2v) is 10.4. The van der Waals surface area contributed by atoms with Crippen LogP contribution in [0.2, 0.25) is 0 Å². The minimum atomic E-state index is -0.200. The normalized spacial score (nSPS) is 23.4. The van der Waals surface area contributed by atoms with E-state index in [1.54, 1.807) is 13.3 Å². The third kappa shape index (κ3) is 5.88. The monoisotopic (exact) mass is 494 g/mol. The van der Waals surface area contributed by atoms with Gasteiger partial charge < -0.3 is 25.4 Å². The lowest BCUT2D eigenvalue weighted by Gasteiger charge is -2.35. The first-order valence-electron chi connectivity index (χ1n) is 13.5. The summed E-state index contributed by atoms with van der Waals surface area (Å²) >= 11 is 0. The van der Waals surface area contributed by atoms with Crippen molar-refractivity contribution in [2.75, 3.05) is 30.8 Å². The second-order valence-electron chi connectivity index (χ2n) is 10.4. The molecule has 9 nitrogen and oxygen atoms in total. The van der Waals surface area contributed by atoms with Crippen molar-refractivity contribution >= 4 is 23.4 Å². The van der Waals surface area contributed by atoms with Crippen molar-refractivity contribution in [3.8, 4) is 5.88 Å². The molecule has 0 bridgehead atoms. The molecule has 0 radical (unpaired) electrons. The predicted molar refractivity (Wildman–Crippen MR) is 139 cm³/mol. The number of carbonyl (C=O) groups is 1. The fourth-order valence-corrected chi connectivity index (χ4v) is 5.85. The topological polar surface area (TPSA) is 112 Å². The molecular weight excluding hydrogens is 456 g/mol. The van der Waals surface area contributed by atoms with E-state index in [1.807, 2.05) is 18.3 Å². The minimum Gasteiger partial charge on any atom is -0.481 e. The quantitative estimate of drug-likeness (QED) is 0.524. The molecule has 0 unspecified atom stereocenters. The number of aliphatic hydroxyl groups excluding tert-OH is 1. The zero-order valence-corrected chi connectivity index (χ0v) is 21.2. The molecule has 2 saturated carbocycles. The number of nitrogens with zero attached hydrogens (tertiary/aromatic N) is 4. The van der Waals surface area contributed by atoms with Crippen molar-refractivity contribution < 1.29 is 14.6 Å². The largest absolute Gasteiger partial charge is 0.481 e. The average Bonchev–Trinajstić information content (AvgIpc) is 3.45. The van der Waals surface area contributed by atoms with E-state index >= 15 is 0 Å². The van der Waals surface area contributed by atoms with E-state index in [0.717, 1.165) is 81.5 Å². The highest BCUT2D eigenvalue weighted by molar-refractivity contribution is 5.79. The van der Waals surface area contributed by atoms with E-state index in [0.29, 0.717) is 23.7 Å². The molecule has 2 aromatic heterocycles. The SMILES string of the molecule is COc1cc(Nc2ncc(C3CCN(C(=O)C4CCCC4)CC3)c(NC3CCC(O)CC3)n2)ccn1. The van der Waals surface area contributed by atoms with Gasteiger partial charge >= 0.3 is 0 Å². The summed E-state index contributed by atoms with van der Waals surface area (Å²) in [5.41, 5.74) is 1.92. The highest BCUT2D eigenvalue weighted by atomic mass is 16.5. The van der Waals surface area contributed by atoms with Crippen molar-refractivity contribution in [3.05, 3.63) is 30.1 Å². The van der Waals surface area contributed by atoms with E-state index in [1.165, 1.54) is 12.8 Å². The number of likely N-dealkylation sites (tertiary alicyclic amines) is 1. The van der Waals surface area contributed by atoms with E-state index in [4.69, 9.17) is 9.72 Å². The molecule has 1 amide bonds.